The van der Waals surface area contributed by atoms with Crippen molar-refractivity contribution in [1.82, 2.24) is 15.1 Å². The van der Waals surface area contributed by atoms with Gasteiger partial charge in [-0.3, -0.25) is 14.4 Å². The Kier molecular flexibility index (Phi) is 8.57. The largest absolute Gasteiger partial charge is 0.480 e. The Hall–Kier alpha value is -3.32. The number of carboxylic acids is 1. The van der Waals surface area contributed by atoms with Crippen molar-refractivity contribution in [2.75, 3.05) is 13.6 Å². The number of hydrogen-bond donors (Lipinski definition) is 4. The molecule has 12 heteroatoms. The van der Waals surface area contributed by atoms with Crippen LogP contribution in [-0.4, -0.2) is 62.4 Å². The SMILES string of the molecule is Cc1cccc(S(=O)(=O)N[C@@H](CNC(=O)CC2CC(c3ccc(/C=N/N)cc3)N(C)O2)C(=O)O)c1. The third kappa shape index (κ3) is 7.09. The van der Waals surface area contributed by atoms with E-state index in [4.69, 9.17) is 10.7 Å². The summed E-state index contributed by atoms with van der Waals surface area (Å²) in [6.07, 6.45) is 1.67. The highest BCUT2D eigenvalue weighted by Gasteiger charge is 2.34. The van der Waals surface area contributed by atoms with E-state index in [-0.39, 0.29) is 17.4 Å². The molecule has 1 saturated heterocycles. The topological polar surface area (TPSA) is 163 Å². The summed E-state index contributed by atoms with van der Waals surface area (Å²) >= 11 is 0. The fourth-order valence-electron chi connectivity index (χ4n) is 3.82. The molecule has 11 nitrogen and oxygen atoms in total. The Morgan fingerprint density at radius 3 is 2.63 bits per heavy atom. The Bertz CT molecular complexity index is 1190. The Morgan fingerprint density at radius 2 is 2.00 bits per heavy atom. The lowest BCUT2D eigenvalue weighted by atomic mass is 9.99. The second-order valence-electron chi connectivity index (χ2n) is 8.31. The summed E-state index contributed by atoms with van der Waals surface area (Å²) in [7, 11) is -2.30. The maximum Gasteiger partial charge on any atom is 0.323 e. The number of benzene rings is 2. The van der Waals surface area contributed by atoms with Gasteiger partial charge in [0.25, 0.3) is 0 Å². The van der Waals surface area contributed by atoms with Crippen molar-refractivity contribution in [3.05, 3.63) is 65.2 Å². The Labute approximate surface area is 204 Å². The zero-order valence-corrected chi connectivity index (χ0v) is 20.2. The van der Waals surface area contributed by atoms with Crippen molar-refractivity contribution >= 4 is 28.1 Å². The van der Waals surface area contributed by atoms with Crippen LogP contribution in [0.2, 0.25) is 0 Å². The van der Waals surface area contributed by atoms with Crippen molar-refractivity contribution in [2.45, 2.75) is 42.8 Å². The molecule has 1 heterocycles. The fourth-order valence-corrected chi connectivity index (χ4v) is 5.11. The number of hydroxylamine groups is 2. The minimum atomic E-state index is -4.08. The van der Waals surface area contributed by atoms with Gasteiger partial charge in [-0.2, -0.15) is 14.9 Å². The number of nitrogens with one attached hydrogen (secondary N) is 2. The van der Waals surface area contributed by atoms with Crippen LogP contribution < -0.4 is 15.9 Å². The fraction of sp³-hybridized carbons (Fsp3) is 0.348. The molecule has 2 aromatic carbocycles. The molecule has 0 aliphatic carbocycles. The van der Waals surface area contributed by atoms with Crippen LogP contribution in [0.25, 0.3) is 0 Å². The monoisotopic (exact) mass is 503 g/mol. The molecule has 5 N–H and O–H groups in total. The van der Waals surface area contributed by atoms with Gasteiger partial charge >= 0.3 is 5.97 Å². The number of aryl methyl sites for hydroxylation is 1. The van der Waals surface area contributed by atoms with Crippen molar-refractivity contribution < 1.29 is 28.0 Å². The predicted molar refractivity (Wildman–Crippen MR) is 129 cm³/mol. The number of aliphatic carboxylic acids is 1. The van der Waals surface area contributed by atoms with Crippen LogP contribution in [0, 0.1) is 6.92 Å². The van der Waals surface area contributed by atoms with E-state index in [1.54, 1.807) is 31.2 Å². The van der Waals surface area contributed by atoms with Gasteiger partial charge < -0.3 is 16.3 Å². The van der Waals surface area contributed by atoms with Crippen molar-refractivity contribution in [3.63, 3.8) is 0 Å². The molecule has 2 unspecified atom stereocenters. The number of nitrogens with zero attached hydrogens (tertiary/aromatic N) is 2. The third-order valence-corrected chi connectivity index (χ3v) is 7.07. The van der Waals surface area contributed by atoms with Gasteiger partial charge in [0.2, 0.25) is 15.9 Å². The maximum absolute atomic E-state index is 12.6. The lowest BCUT2D eigenvalue weighted by molar-refractivity contribution is -0.152. The molecule has 1 amide bonds. The highest BCUT2D eigenvalue weighted by atomic mass is 32.2. The first-order chi connectivity index (χ1) is 16.6. The summed E-state index contributed by atoms with van der Waals surface area (Å²) in [5.41, 5.74) is 2.58. The lowest BCUT2D eigenvalue weighted by Crippen LogP contribution is -2.48. The van der Waals surface area contributed by atoms with E-state index in [2.05, 4.69) is 15.1 Å². The summed E-state index contributed by atoms with van der Waals surface area (Å²) in [6.45, 7) is 1.32. The number of nitrogens with two attached hydrogens (primary N) is 1. The van der Waals surface area contributed by atoms with E-state index in [0.29, 0.717) is 12.0 Å². The molecule has 0 radical (unpaired) electrons. The average molecular weight is 504 g/mol. The van der Waals surface area contributed by atoms with Crippen LogP contribution in [0.15, 0.2) is 58.5 Å². The van der Waals surface area contributed by atoms with Crippen LogP contribution in [-0.2, 0) is 24.4 Å². The first kappa shape index (κ1) is 26.3. The molecular weight excluding hydrogens is 474 g/mol. The maximum atomic E-state index is 12.6. The first-order valence-electron chi connectivity index (χ1n) is 10.9. The van der Waals surface area contributed by atoms with Gasteiger partial charge in [0.05, 0.1) is 29.7 Å². The lowest BCUT2D eigenvalue weighted by Gasteiger charge is -2.18. The number of hydrazone groups is 1. The number of rotatable bonds is 10. The van der Waals surface area contributed by atoms with Gasteiger partial charge in [0.15, 0.2) is 0 Å². The van der Waals surface area contributed by atoms with Crippen LogP contribution in [0.1, 0.15) is 35.6 Å². The minimum absolute atomic E-state index is 0.00424. The van der Waals surface area contributed by atoms with E-state index < -0.39 is 40.6 Å². The molecule has 0 aromatic heterocycles. The van der Waals surface area contributed by atoms with Crippen LogP contribution in [0.3, 0.4) is 0 Å². The number of hydrogen-bond acceptors (Lipinski definition) is 8. The summed E-state index contributed by atoms with van der Waals surface area (Å²) in [5.74, 6) is 3.32. The molecule has 3 atom stereocenters. The molecule has 1 aliphatic heterocycles. The minimum Gasteiger partial charge on any atom is -0.480 e. The van der Waals surface area contributed by atoms with E-state index in [9.17, 15) is 23.1 Å². The van der Waals surface area contributed by atoms with Gasteiger partial charge in [0, 0.05) is 13.6 Å². The van der Waals surface area contributed by atoms with E-state index in [1.165, 1.54) is 18.3 Å². The number of amides is 1. The summed E-state index contributed by atoms with van der Waals surface area (Å²) in [6, 6.07) is 12.1. The third-order valence-electron chi connectivity index (χ3n) is 5.60. The van der Waals surface area contributed by atoms with Gasteiger partial charge in [-0.1, -0.05) is 36.4 Å². The summed E-state index contributed by atoms with van der Waals surface area (Å²) < 4.78 is 27.3. The zero-order valence-electron chi connectivity index (χ0n) is 19.4. The zero-order chi connectivity index (χ0) is 25.6. The molecule has 35 heavy (non-hydrogen) atoms. The number of carbonyl (C=O) groups excluding carboxylic acids is 1. The van der Waals surface area contributed by atoms with Crippen molar-refractivity contribution in [1.29, 1.82) is 0 Å². The molecule has 3 rings (SSSR count). The number of carbonyl (C=O) groups is 2. The van der Waals surface area contributed by atoms with E-state index in [0.717, 1.165) is 11.1 Å². The second-order valence-corrected chi connectivity index (χ2v) is 10.0. The molecule has 1 aliphatic rings. The Morgan fingerprint density at radius 1 is 1.29 bits per heavy atom. The number of carboxylic acid groups (broad SMARTS) is 1. The predicted octanol–water partition coefficient (Wildman–Crippen LogP) is 0.902. The summed E-state index contributed by atoms with van der Waals surface area (Å²) in [4.78, 5) is 29.8. The van der Waals surface area contributed by atoms with Gasteiger partial charge in [0.1, 0.15) is 6.04 Å². The van der Waals surface area contributed by atoms with Gasteiger partial charge in [-0.15, -0.1) is 0 Å². The molecule has 0 saturated carbocycles. The van der Waals surface area contributed by atoms with E-state index >= 15 is 0 Å². The van der Waals surface area contributed by atoms with Crippen LogP contribution in [0.4, 0.5) is 0 Å². The van der Waals surface area contributed by atoms with Gasteiger partial charge in [-0.05, 0) is 42.2 Å². The second kappa shape index (κ2) is 11.4. The molecule has 0 spiro atoms. The quantitative estimate of drug-likeness (QED) is 0.211. The van der Waals surface area contributed by atoms with Crippen molar-refractivity contribution in [3.8, 4) is 0 Å². The van der Waals surface area contributed by atoms with Gasteiger partial charge in [-0.25, -0.2) is 8.42 Å². The van der Waals surface area contributed by atoms with Crippen molar-refractivity contribution in [2.24, 2.45) is 10.9 Å². The number of sulfonamides is 1. The molecule has 188 valence electrons. The summed E-state index contributed by atoms with van der Waals surface area (Å²) in [5, 5.41) is 17.1. The first-order valence-corrected chi connectivity index (χ1v) is 12.4. The highest BCUT2D eigenvalue weighted by molar-refractivity contribution is 7.89. The smallest absolute Gasteiger partial charge is 0.323 e. The Balaban J connectivity index is 1.55. The van der Waals surface area contributed by atoms with E-state index in [1.807, 2.05) is 24.3 Å². The highest BCUT2D eigenvalue weighted by Crippen LogP contribution is 2.34. The standard InChI is InChI=1S/C23H29N5O6S/c1-15-4-3-5-19(10-15)35(32,33)27-20(23(30)31)14-25-22(29)12-18-11-21(28(2)34-18)17-8-6-16(7-9-17)13-26-24/h3-10,13,18,20-21,27H,11-12,14,24H2,1-2H3,(H,25,29)(H,30,31)/b26-13+/t18?,20-,21?/m0/s1. The average Bonchev–Trinajstić information content (AvgIpc) is 3.17. The normalized spacial score (nSPS) is 19.6. The van der Waals surface area contributed by atoms with Crippen LogP contribution in [0.5, 0.6) is 0 Å². The van der Waals surface area contributed by atoms with Crippen LogP contribution >= 0.6 is 0 Å². The molecule has 2 aromatic rings. The molecule has 0 bridgehead atoms. The molecular formula is C23H29N5O6S. The molecule has 1 fully saturated rings.